The summed E-state index contributed by atoms with van der Waals surface area (Å²) < 4.78 is 0. The first kappa shape index (κ1) is 18.8. The number of nitrogens with one attached hydrogen (secondary N) is 1. The number of anilines is 2. The lowest BCUT2D eigenvalue weighted by atomic mass is 10.2. The molecule has 1 saturated heterocycles. The second-order valence-electron chi connectivity index (χ2n) is 6.57. The van der Waals surface area contributed by atoms with Gasteiger partial charge in [0.05, 0.1) is 17.8 Å². The zero-order valence-corrected chi connectivity index (χ0v) is 16.7. The van der Waals surface area contributed by atoms with Crippen LogP contribution >= 0.6 is 22.9 Å². The number of carbonyl (C=O) groups is 1. The SMILES string of the molecule is C[C@H](Nc1nccc(N2CCC(N)C2=O)n1)c1nc(-c2ccc(Cl)cc2)cs1. The van der Waals surface area contributed by atoms with Crippen molar-refractivity contribution in [3.05, 3.63) is 51.9 Å². The Bertz CT molecular complexity index is 992. The van der Waals surface area contributed by atoms with Gasteiger partial charge < -0.3 is 11.1 Å². The molecule has 0 spiro atoms. The fourth-order valence-electron chi connectivity index (χ4n) is 2.99. The van der Waals surface area contributed by atoms with Crippen molar-refractivity contribution in [2.45, 2.75) is 25.4 Å². The molecule has 3 aromatic rings. The van der Waals surface area contributed by atoms with E-state index in [1.807, 2.05) is 36.6 Å². The van der Waals surface area contributed by atoms with Crippen LogP contribution in [-0.4, -0.2) is 33.4 Å². The van der Waals surface area contributed by atoms with Crippen LogP contribution in [0, 0.1) is 0 Å². The zero-order chi connectivity index (χ0) is 19.7. The number of nitrogens with two attached hydrogens (primary N) is 1. The van der Waals surface area contributed by atoms with Crippen LogP contribution in [0.1, 0.15) is 24.4 Å². The highest BCUT2D eigenvalue weighted by Crippen LogP contribution is 2.28. The Morgan fingerprint density at radius 1 is 1.29 bits per heavy atom. The average Bonchev–Trinajstić information content (AvgIpc) is 3.31. The number of halogens is 1. The monoisotopic (exact) mass is 414 g/mol. The second kappa shape index (κ2) is 7.83. The maximum absolute atomic E-state index is 12.1. The van der Waals surface area contributed by atoms with E-state index in [4.69, 9.17) is 22.3 Å². The Balaban J connectivity index is 1.48. The molecule has 1 amide bonds. The number of aromatic nitrogens is 3. The maximum Gasteiger partial charge on any atom is 0.245 e. The summed E-state index contributed by atoms with van der Waals surface area (Å²) in [5.74, 6) is 0.899. The van der Waals surface area contributed by atoms with Gasteiger partial charge >= 0.3 is 0 Å². The van der Waals surface area contributed by atoms with E-state index in [0.717, 1.165) is 16.3 Å². The zero-order valence-electron chi connectivity index (χ0n) is 15.2. The normalized spacial score (nSPS) is 17.8. The van der Waals surface area contributed by atoms with Gasteiger partial charge in [0.2, 0.25) is 11.9 Å². The lowest BCUT2D eigenvalue weighted by molar-refractivity contribution is -0.118. The number of nitrogens with zero attached hydrogens (tertiary/aromatic N) is 4. The molecule has 7 nitrogen and oxygen atoms in total. The van der Waals surface area contributed by atoms with E-state index in [2.05, 4.69) is 15.3 Å². The van der Waals surface area contributed by atoms with Crippen molar-refractivity contribution in [3.63, 3.8) is 0 Å². The van der Waals surface area contributed by atoms with Gasteiger partial charge in [-0.15, -0.1) is 11.3 Å². The standard InChI is InChI=1S/C19H19ClN6OS/c1-11(17-24-15(10-28-17)12-2-4-13(20)5-3-12)23-19-22-8-6-16(25-19)26-9-7-14(21)18(26)27/h2-6,8,10-11,14H,7,9,21H2,1H3,(H,22,23,25)/t11-,14?/m0/s1. The van der Waals surface area contributed by atoms with E-state index in [0.29, 0.717) is 29.8 Å². The summed E-state index contributed by atoms with van der Waals surface area (Å²) in [5, 5.41) is 6.88. The molecule has 0 radical (unpaired) electrons. The van der Waals surface area contributed by atoms with Crippen LogP contribution in [0.5, 0.6) is 0 Å². The van der Waals surface area contributed by atoms with Crippen molar-refractivity contribution >= 4 is 40.6 Å². The van der Waals surface area contributed by atoms with Gasteiger partial charge in [-0.1, -0.05) is 23.7 Å². The molecule has 144 valence electrons. The summed E-state index contributed by atoms with van der Waals surface area (Å²) in [6.45, 7) is 2.57. The van der Waals surface area contributed by atoms with Gasteiger partial charge in [0.1, 0.15) is 10.8 Å². The number of hydrogen-bond donors (Lipinski definition) is 2. The largest absolute Gasteiger partial charge is 0.345 e. The van der Waals surface area contributed by atoms with Gasteiger partial charge in [-0.3, -0.25) is 9.69 Å². The van der Waals surface area contributed by atoms with E-state index in [1.165, 1.54) is 0 Å². The molecule has 0 aliphatic carbocycles. The van der Waals surface area contributed by atoms with E-state index < -0.39 is 6.04 Å². The smallest absolute Gasteiger partial charge is 0.245 e. The minimum Gasteiger partial charge on any atom is -0.345 e. The first-order valence-electron chi connectivity index (χ1n) is 8.89. The van der Waals surface area contributed by atoms with Gasteiger partial charge in [0, 0.05) is 28.7 Å². The van der Waals surface area contributed by atoms with E-state index >= 15 is 0 Å². The fraction of sp³-hybridized carbons (Fsp3) is 0.263. The lowest BCUT2D eigenvalue weighted by Gasteiger charge is -2.17. The maximum atomic E-state index is 12.1. The summed E-state index contributed by atoms with van der Waals surface area (Å²) in [4.78, 5) is 27.2. The average molecular weight is 415 g/mol. The van der Waals surface area contributed by atoms with E-state index in [1.54, 1.807) is 28.5 Å². The highest BCUT2D eigenvalue weighted by Gasteiger charge is 2.30. The molecule has 9 heteroatoms. The van der Waals surface area contributed by atoms with Crippen molar-refractivity contribution in [2.24, 2.45) is 5.73 Å². The van der Waals surface area contributed by atoms with Crippen LogP contribution in [-0.2, 0) is 4.79 Å². The Kier molecular flexibility index (Phi) is 5.25. The molecule has 1 unspecified atom stereocenters. The first-order valence-corrected chi connectivity index (χ1v) is 10.1. The Morgan fingerprint density at radius 3 is 2.79 bits per heavy atom. The minimum atomic E-state index is -0.452. The molecule has 1 aromatic carbocycles. The first-order chi connectivity index (χ1) is 13.5. The predicted octanol–water partition coefficient (Wildman–Crippen LogP) is 3.49. The molecule has 2 atom stereocenters. The molecule has 3 heterocycles. The van der Waals surface area contributed by atoms with Crippen LogP contribution in [0.15, 0.2) is 41.9 Å². The summed E-state index contributed by atoms with van der Waals surface area (Å²) in [5.41, 5.74) is 7.71. The van der Waals surface area contributed by atoms with E-state index in [9.17, 15) is 4.79 Å². The number of carbonyl (C=O) groups excluding carboxylic acids is 1. The number of amides is 1. The number of hydrogen-bond acceptors (Lipinski definition) is 7. The number of benzene rings is 1. The van der Waals surface area contributed by atoms with Crippen LogP contribution in [0.3, 0.4) is 0 Å². The third kappa shape index (κ3) is 3.84. The molecule has 1 fully saturated rings. The second-order valence-corrected chi connectivity index (χ2v) is 7.89. The molecule has 0 bridgehead atoms. The van der Waals surface area contributed by atoms with Gasteiger partial charge in [-0.25, -0.2) is 9.97 Å². The van der Waals surface area contributed by atoms with Gasteiger partial charge in [0.15, 0.2) is 0 Å². The van der Waals surface area contributed by atoms with Gasteiger partial charge in [0.25, 0.3) is 0 Å². The van der Waals surface area contributed by atoms with Crippen molar-refractivity contribution in [1.29, 1.82) is 0 Å². The lowest BCUT2D eigenvalue weighted by Crippen LogP contribution is -2.34. The topological polar surface area (TPSA) is 97.0 Å². The molecular weight excluding hydrogens is 396 g/mol. The van der Waals surface area contributed by atoms with Crippen molar-refractivity contribution in [2.75, 3.05) is 16.8 Å². The third-order valence-electron chi connectivity index (χ3n) is 4.54. The summed E-state index contributed by atoms with van der Waals surface area (Å²) in [7, 11) is 0. The fourth-order valence-corrected chi connectivity index (χ4v) is 3.95. The molecular formula is C19H19ClN6OS. The van der Waals surface area contributed by atoms with Crippen molar-refractivity contribution < 1.29 is 4.79 Å². The Labute approximate surface area is 171 Å². The molecule has 1 aliphatic heterocycles. The highest BCUT2D eigenvalue weighted by atomic mass is 35.5. The van der Waals surface area contributed by atoms with Gasteiger partial charge in [-0.05, 0) is 31.5 Å². The molecule has 2 aromatic heterocycles. The van der Waals surface area contributed by atoms with Gasteiger partial charge in [-0.2, -0.15) is 4.98 Å². The summed E-state index contributed by atoms with van der Waals surface area (Å²) in [6, 6.07) is 8.77. The van der Waals surface area contributed by atoms with Crippen LogP contribution < -0.4 is 16.0 Å². The molecule has 28 heavy (non-hydrogen) atoms. The Morgan fingerprint density at radius 2 is 2.07 bits per heavy atom. The summed E-state index contributed by atoms with van der Waals surface area (Å²) in [6.07, 6.45) is 2.27. The Hall–Kier alpha value is -2.55. The molecule has 0 saturated carbocycles. The van der Waals surface area contributed by atoms with Crippen LogP contribution in [0.2, 0.25) is 5.02 Å². The third-order valence-corrected chi connectivity index (χ3v) is 5.82. The van der Waals surface area contributed by atoms with Crippen molar-refractivity contribution in [3.8, 4) is 11.3 Å². The van der Waals surface area contributed by atoms with Crippen LogP contribution in [0.4, 0.5) is 11.8 Å². The molecule has 1 aliphatic rings. The van der Waals surface area contributed by atoms with Crippen LogP contribution in [0.25, 0.3) is 11.3 Å². The van der Waals surface area contributed by atoms with E-state index in [-0.39, 0.29) is 11.9 Å². The molecule has 4 rings (SSSR count). The highest BCUT2D eigenvalue weighted by molar-refractivity contribution is 7.10. The summed E-state index contributed by atoms with van der Waals surface area (Å²) >= 11 is 7.51. The van der Waals surface area contributed by atoms with Crippen molar-refractivity contribution in [1.82, 2.24) is 15.0 Å². The quantitative estimate of drug-likeness (QED) is 0.663. The minimum absolute atomic E-state index is 0.0853. The number of thiazole rings is 1. The molecule has 3 N–H and O–H groups in total. The number of rotatable bonds is 5. The predicted molar refractivity (Wildman–Crippen MR) is 112 cm³/mol.